The van der Waals surface area contributed by atoms with E-state index in [0.29, 0.717) is 5.56 Å². The predicted molar refractivity (Wildman–Crippen MR) is 81.9 cm³/mol. The van der Waals surface area contributed by atoms with Gasteiger partial charge < -0.3 is 9.47 Å². The number of pyridine rings is 1. The number of carbonyl (C=O) groups excluding carboxylic acids is 1. The van der Waals surface area contributed by atoms with Gasteiger partial charge in [0, 0.05) is 23.5 Å². The average Bonchev–Trinajstić information content (AvgIpc) is 2.54. The Labute approximate surface area is 124 Å². The van der Waals surface area contributed by atoms with Crippen molar-refractivity contribution in [2.24, 2.45) is 0 Å². The summed E-state index contributed by atoms with van der Waals surface area (Å²) in [5, 5.41) is 0. The van der Waals surface area contributed by atoms with Crippen LogP contribution in [0.3, 0.4) is 0 Å². The van der Waals surface area contributed by atoms with E-state index in [1.807, 2.05) is 19.1 Å². The standard InChI is InChI=1S/C17H17NO3/c1-12-16(20-2)10-13(11-17(12)21-3)4-5-15(19)14-6-8-18-9-7-14/h4-11H,1-3H3. The summed E-state index contributed by atoms with van der Waals surface area (Å²) in [6.45, 7) is 1.92. The first kappa shape index (κ1) is 14.8. The topological polar surface area (TPSA) is 48.4 Å². The number of allylic oxidation sites excluding steroid dienone is 1. The van der Waals surface area contributed by atoms with E-state index in [2.05, 4.69) is 4.98 Å². The van der Waals surface area contributed by atoms with E-state index in [1.165, 1.54) is 6.08 Å². The first-order chi connectivity index (χ1) is 10.2. The molecule has 4 nitrogen and oxygen atoms in total. The second kappa shape index (κ2) is 6.70. The Morgan fingerprint density at radius 2 is 1.67 bits per heavy atom. The van der Waals surface area contributed by atoms with Crippen molar-refractivity contribution in [2.75, 3.05) is 14.2 Å². The molecule has 0 amide bonds. The highest BCUT2D eigenvalue weighted by Gasteiger charge is 2.07. The Bertz CT molecular complexity index is 638. The molecule has 0 N–H and O–H groups in total. The summed E-state index contributed by atoms with van der Waals surface area (Å²) in [7, 11) is 3.22. The second-order valence-electron chi connectivity index (χ2n) is 4.48. The molecule has 0 aliphatic rings. The molecule has 2 rings (SSSR count). The zero-order chi connectivity index (χ0) is 15.2. The third-order valence-corrected chi connectivity index (χ3v) is 3.17. The fourth-order valence-corrected chi connectivity index (χ4v) is 1.99. The molecule has 0 unspecified atom stereocenters. The van der Waals surface area contributed by atoms with E-state index in [-0.39, 0.29) is 5.78 Å². The average molecular weight is 283 g/mol. The highest BCUT2D eigenvalue weighted by atomic mass is 16.5. The minimum atomic E-state index is -0.0732. The number of aromatic nitrogens is 1. The zero-order valence-corrected chi connectivity index (χ0v) is 12.3. The molecule has 2 aromatic rings. The van der Waals surface area contributed by atoms with Gasteiger partial charge in [0.25, 0.3) is 0 Å². The summed E-state index contributed by atoms with van der Waals surface area (Å²) in [5.74, 6) is 1.38. The van der Waals surface area contributed by atoms with Gasteiger partial charge >= 0.3 is 0 Å². The van der Waals surface area contributed by atoms with E-state index in [4.69, 9.17) is 9.47 Å². The molecule has 4 heteroatoms. The molecule has 0 aliphatic heterocycles. The van der Waals surface area contributed by atoms with Crippen LogP contribution in [0.5, 0.6) is 11.5 Å². The van der Waals surface area contributed by atoms with Crippen molar-refractivity contribution in [1.29, 1.82) is 0 Å². The molecule has 0 saturated carbocycles. The summed E-state index contributed by atoms with van der Waals surface area (Å²) in [6.07, 6.45) is 6.46. The molecule has 0 spiro atoms. The molecule has 108 valence electrons. The van der Waals surface area contributed by atoms with Gasteiger partial charge in [0.05, 0.1) is 14.2 Å². The lowest BCUT2D eigenvalue weighted by Gasteiger charge is -2.10. The van der Waals surface area contributed by atoms with Gasteiger partial charge in [0.1, 0.15) is 11.5 Å². The lowest BCUT2D eigenvalue weighted by Crippen LogP contribution is -1.95. The van der Waals surface area contributed by atoms with Crippen molar-refractivity contribution >= 4 is 11.9 Å². The summed E-state index contributed by atoms with van der Waals surface area (Å²) < 4.78 is 10.6. The summed E-state index contributed by atoms with van der Waals surface area (Å²) in [6, 6.07) is 7.11. The number of methoxy groups -OCH3 is 2. The second-order valence-corrected chi connectivity index (χ2v) is 4.48. The molecule has 21 heavy (non-hydrogen) atoms. The molecule has 1 aromatic heterocycles. The lowest BCUT2D eigenvalue weighted by atomic mass is 10.1. The van der Waals surface area contributed by atoms with Gasteiger partial charge in [-0.25, -0.2) is 0 Å². The Kier molecular flexibility index (Phi) is 4.72. The number of carbonyl (C=O) groups is 1. The maximum Gasteiger partial charge on any atom is 0.185 e. The van der Waals surface area contributed by atoms with Crippen LogP contribution in [0, 0.1) is 6.92 Å². The number of nitrogens with zero attached hydrogens (tertiary/aromatic N) is 1. The monoisotopic (exact) mass is 283 g/mol. The van der Waals surface area contributed by atoms with Crippen molar-refractivity contribution in [3.05, 3.63) is 59.4 Å². The van der Waals surface area contributed by atoms with Gasteiger partial charge in [-0.1, -0.05) is 6.08 Å². The van der Waals surface area contributed by atoms with Crippen molar-refractivity contribution < 1.29 is 14.3 Å². The van der Waals surface area contributed by atoms with E-state index in [9.17, 15) is 4.79 Å². The van der Waals surface area contributed by atoms with E-state index in [1.54, 1.807) is 44.8 Å². The Balaban J connectivity index is 2.27. The maximum absolute atomic E-state index is 12.0. The van der Waals surface area contributed by atoms with Gasteiger partial charge in [-0.2, -0.15) is 0 Å². The van der Waals surface area contributed by atoms with Crippen molar-refractivity contribution in [3.8, 4) is 11.5 Å². The van der Waals surface area contributed by atoms with Crippen LogP contribution in [0.2, 0.25) is 0 Å². The van der Waals surface area contributed by atoms with Crippen molar-refractivity contribution in [1.82, 2.24) is 4.98 Å². The first-order valence-electron chi connectivity index (χ1n) is 6.50. The number of ether oxygens (including phenoxy) is 2. The minimum absolute atomic E-state index is 0.0732. The molecule has 0 fully saturated rings. The van der Waals surface area contributed by atoms with Gasteiger partial charge in [-0.3, -0.25) is 9.78 Å². The molecule has 1 heterocycles. The molecule has 0 atom stereocenters. The molecular weight excluding hydrogens is 266 g/mol. The molecule has 1 aromatic carbocycles. The zero-order valence-electron chi connectivity index (χ0n) is 12.3. The summed E-state index contributed by atoms with van der Waals surface area (Å²) in [5.41, 5.74) is 2.38. The van der Waals surface area contributed by atoms with E-state index in [0.717, 1.165) is 22.6 Å². The van der Waals surface area contributed by atoms with Crippen LogP contribution in [-0.4, -0.2) is 25.0 Å². The van der Waals surface area contributed by atoms with Crippen LogP contribution < -0.4 is 9.47 Å². The number of benzene rings is 1. The van der Waals surface area contributed by atoms with Crippen LogP contribution in [0.1, 0.15) is 21.5 Å². The largest absolute Gasteiger partial charge is 0.496 e. The molecule has 0 saturated heterocycles. The lowest BCUT2D eigenvalue weighted by molar-refractivity contribution is 0.104. The van der Waals surface area contributed by atoms with Crippen LogP contribution in [0.4, 0.5) is 0 Å². The fraction of sp³-hybridized carbons (Fsp3) is 0.176. The van der Waals surface area contributed by atoms with Crippen LogP contribution in [-0.2, 0) is 0 Å². The Hall–Kier alpha value is -2.62. The van der Waals surface area contributed by atoms with Gasteiger partial charge in [-0.05, 0) is 42.8 Å². The molecular formula is C17H17NO3. The highest BCUT2D eigenvalue weighted by Crippen LogP contribution is 2.29. The quantitative estimate of drug-likeness (QED) is 0.624. The SMILES string of the molecule is COc1cc(C=CC(=O)c2ccncc2)cc(OC)c1C. The van der Waals surface area contributed by atoms with Gasteiger partial charge in [-0.15, -0.1) is 0 Å². The normalized spacial score (nSPS) is 10.6. The Morgan fingerprint density at radius 1 is 1.10 bits per heavy atom. The smallest absolute Gasteiger partial charge is 0.185 e. The summed E-state index contributed by atoms with van der Waals surface area (Å²) in [4.78, 5) is 15.9. The summed E-state index contributed by atoms with van der Waals surface area (Å²) >= 11 is 0. The van der Waals surface area contributed by atoms with Crippen LogP contribution >= 0.6 is 0 Å². The third-order valence-electron chi connectivity index (χ3n) is 3.17. The maximum atomic E-state index is 12.0. The molecule has 0 aliphatic carbocycles. The number of rotatable bonds is 5. The van der Waals surface area contributed by atoms with Crippen molar-refractivity contribution in [3.63, 3.8) is 0 Å². The molecule has 0 radical (unpaired) electrons. The minimum Gasteiger partial charge on any atom is -0.496 e. The Morgan fingerprint density at radius 3 is 2.19 bits per heavy atom. The van der Waals surface area contributed by atoms with Crippen LogP contribution in [0.15, 0.2) is 42.7 Å². The predicted octanol–water partition coefficient (Wildman–Crippen LogP) is 3.30. The fourth-order valence-electron chi connectivity index (χ4n) is 1.99. The van der Waals surface area contributed by atoms with Crippen LogP contribution in [0.25, 0.3) is 6.08 Å². The molecule has 0 bridgehead atoms. The number of ketones is 1. The van der Waals surface area contributed by atoms with Gasteiger partial charge in [0.15, 0.2) is 5.78 Å². The third kappa shape index (κ3) is 3.48. The van der Waals surface area contributed by atoms with E-state index >= 15 is 0 Å². The van der Waals surface area contributed by atoms with Gasteiger partial charge in [0.2, 0.25) is 0 Å². The number of hydrogen-bond donors (Lipinski definition) is 0. The van der Waals surface area contributed by atoms with Crippen molar-refractivity contribution in [2.45, 2.75) is 6.92 Å². The highest BCUT2D eigenvalue weighted by molar-refractivity contribution is 6.06. The first-order valence-corrected chi connectivity index (χ1v) is 6.50. The van der Waals surface area contributed by atoms with E-state index < -0.39 is 0 Å². The number of hydrogen-bond acceptors (Lipinski definition) is 4.